The third kappa shape index (κ3) is 2.92. The van der Waals surface area contributed by atoms with Crippen LogP contribution in [0.4, 0.5) is 5.69 Å². The van der Waals surface area contributed by atoms with Gasteiger partial charge in [-0.05, 0) is 43.0 Å². The van der Waals surface area contributed by atoms with Crippen molar-refractivity contribution >= 4 is 23.1 Å². The van der Waals surface area contributed by atoms with Gasteiger partial charge in [0, 0.05) is 19.3 Å². The van der Waals surface area contributed by atoms with E-state index in [0.29, 0.717) is 24.4 Å². The van der Waals surface area contributed by atoms with Crippen LogP contribution in [0, 0.1) is 13.8 Å². The maximum atomic E-state index is 13.3. The predicted octanol–water partition coefficient (Wildman–Crippen LogP) is 3.09. The molecule has 28 heavy (non-hydrogen) atoms. The lowest BCUT2D eigenvalue weighted by atomic mass is 9.97. The average Bonchev–Trinajstić information content (AvgIpc) is 3.19. The first-order valence-corrected chi connectivity index (χ1v) is 9.55. The van der Waals surface area contributed by atoms with E-state index < -0.39 is 0 Å². The average molecular weight is 376 g/mol. The van der Waals surface area contributed by atoms with Crippen LogP contribution in [0.3, 0.4) is 0 Å². The third-order valence-corrected chi connectivity index (χ3v) is 5.47. The van der Waals surface area contributed by atoms with Gasteiger partial charge in [-0.2, -0.15) is 0 Å². The molecule has 0 N–H and O–H groups in total. The highest BCUT2D eigenvalue weighted by Gasteiger charge is 2.43. The molecule has 2 amide bonds. The van der Waals surface area contributed by atoms with Gasteiger partial charge in [0.25, 0.3) is 11.8 Å². The van der Waals surface area contributed by atoms with Crippen molar-refractivity contribution in [3.63, 3.8) is 0 Å². The fourth-order valence-electron chi connectivity index (χ4n) is 4.11. The van der Waals surface area contributed by atoms with Gasteiger partial charge in [-0.25, -0.2) is 0 Å². The van der Waals surface area contributed by atoms with Crippen molar-refractivity contribution in [1.29, 1.82) is 0 Å². The molecule has 0 radical (unpaired) electrons. The Kier molecular flexibility index (Phi) is 4.77. The van der Waals surface area contributed by atoms with E-state index in [0.717, 1.165) is 28.8 Å². The van der Waals surface area contributed by atoms with Gasteiger partial charge < -0.3 is 9.64 Å². The fraction of sp³-hybridized carbons (Fsp3) is 0.304. The monoisotopic (exact) mass is 376 g/mol. The van der Waals surface area contributed by atoms with Crippen molar-refractivity contribution < 1.29 is 14.3 Å². The van der Waals surface area contributed by atoms with Gasteiger partial charge in [0.2, 0.25) is 0 Å². The Morgan fingerprint density at radius 2 is 1.82 bits per heavy atom. The molecule has 2 aromatic rings. The van der Waals surface area contributed by atoms with Crippen LogP contribution in [0.15, 0.2) is 48.2 Å². The summed E-state index contributed by atoms with van der Waals surface area (Å²) in [5.74, 6) is -0.484. The van der Waals surface area contributed by atoms with E-state index in [1.165, 1.54) is 10.5 Å². The number of methoxy groups -OCH3 is 1. The van der Waals surface area contributed by atoms with Crippen LogP contribution in [0.2, 0.25) is 0 Å². The van der Waals surface area contributed by atoms with Crippen LogP contribution >= 0.6 is 0 Å². The van der Waals surface area contributed by atoms with E-state index >= 15 is 0 Å². The molecule has 4 rings (SSSR count). The van der Waals surface area contributed by atoms with Crippen LogP contribution in [0.5, 0.6) is 0 Å². The molecule has 0 spiro atoms. The van der Waals surface area contributed by atoms with Crippen molar-refractivity contribution in [2.24, 2.45) is 0 Å². The summed E-state index contributed by atoms with van der Waals surface area (Å²) in [6, 6.07) is 14.1. The number of carbonyl (C=O) groups excluding carboxylic acids is 2. The lowest BCUT2D eigenvalue weighted by molar-refractivity contribution is -0.137. The molecule has 0 aromatic heterocycles. The molecule has 0 aliphatic carbocycles. The van der Waals surface area contributed by atoms with Crippen LogP contribution in [-0.2, 0) is 20.7 Å². The molecule has 5 heteroatoms. The minimum Gasteiger partial charge on any atom is -0.383 e. The van der Waals surface area contributed by atoms with Crippen LogP contribution < -0.4 is 4.90 Å². The number of para-hydroxylation sites is 1. The van der Waals surface area contributed by atoms with Crippen LogP contribution in [0.1, 0.15) is 22.3 Å². The first kappa shape index (κ1) is 18.4. The third-order valence-electron chi connectivity index (χ3n) is 5.47. The summed E-state index contributed by atoms with van der Waals surface area (Å²) in [6.45, 7) is 5.28. The van der Waals surface area contributed by atoms with E-state index in [4.69, 9.17) is 4.74 Å². The predicted molar refractivity (Wildman–Crippen MR) is 109 cm³/mol. The molecule has 144 valence electrons. The first-order chi connectivity index (χ1) is 13.5. The van der Waals surface area contributed by atoms with E-state index in [9.17, 15) is 9.59 Å². The summed E-state index contributed by atoms with van der Waals surface area (Å²) in [5.41, 5.74) is 6.13. The van der Waals surface area contributed by atoms with Crippen molar-refractivity contribution in [2.75, 3.05) is 31.7 Å². The number of nitrogens with zero attached hydrogens (tertiary/aromatic N) is 2. The van der Waals surface area contributed by atoms with E-state index in [1.807, 2.05) is 55.1 Å². The Morgan fingerprint density at radius 3 is 2.57 bits per heavy atom. The van der Waals surface area contributed by atoms with Gasteiger partial charge in [0.05, 0.1) is 18.7 Å². The van der Waals surface area contributed by atoms with Gasteiger partial charge in [0.15, 0.2) is 0 Å². The van der Waals surface area contributed by atoms with Gasteiger partial charge in [0.1, 0.15) is 5.70 Å². The van der Waals surface area contributed by atoms with Crippen LogP contribution in [0.25, 0.3) is 5.57 Å². The SMILES string of the molecule is COCCN1C(=O)C(c2ccc(C)cc2C)=C(N2CCc3ccccc32)C1=O. The number of benzene rings is 2. The topological polar surface area (TPSA) is 49.9 Å². The van der Waals surface area contributed by atoms with Gasteiger partial charge >= 0.3 is 0 Å². The lowest BCUT2D eigenvalue weighted by Gasteiger charge is -2.22. The van der Waals surface area contributed by atoms with Crippen LogP contribution in [-0.4, -0.2) is 43.5 Å². The second-order valence-corrected chi connectivity index (χ2v) is 7.33. The Hall–Kier alpha value is -2.92. The number of carbonyl (C=O) groups is 2. The van der Waals surface area contributed by atoms with Gasteiger partial charge in [-0.15, -0.1) is 0 Å². The number of imide groups is 1. The van der Waals surface area contributed by atoms with E-state index in [1.54, 1.807) is 7.11 Å². The van der Waals surface area contributed by atoms with Crippen molar-refractivity contribution in [3.8, 4) is 0 Å². The zero-order valence-corrected chi connectivity index (χ0v) is 16.5. The normalized spacial score (nSPS) is 16.4. The largest absolute Gasteiger partial charge is 0.383 e. The number of aryl methyl sites for hydroxylation is 2. The lowest BCUT2D eigenvalue weighted by Crippen LogP contribution is -2.37. The smallest absolute Gasteiger partial charge is 0.278 e. The number of anilines is 1. The summed E-state index contributed by atoms with van der Waals surface area (Å²) in [4.78, 5) is 30.0. The summed E-state index contributed by atoms with van der Waals surface area (Å²) >= 11 is 0. The van der Waals surface area contributed by atoms with Gasteiger partial charge in [-0.3, -0.25) is 14.5 Å². The molecule has 2 aliphatic heterocycles. The zero-order valence-electron chi connectivity index (χ0n) is 16.5. The van der Waals surface area contributed by atoms with E-state index in [2.05, 4.69) is 6.07 Å². The molecule has 5 nitrogen and oxygen atoms in total. The number of amides is 2. The Labute approximate surface area is 165 Å². The molecular weight excluding hydrogens is 352 g/mol. The Morgan fingerprint density at radius 1 is 1.04 bits per heavy atom. The number of ether oxygens (including phenoxy) is 1. The summed E-state index contributed by atoms with van der Waals surface area (Å²) in [5, 5.41) is 0. The molecule has 2 aliphatic rings. The fourth-order valence-corrected chi connectivity index (χ4v) is 4.11. The van der Waals surface area contributed by atoms with Crippen molar-refractivity contribution in [2.45, 2.75) is 20.3 Å². The highest BCUT2D eigenvalue weighted by molar-refractivity contribution is 6.37. The molecule has 0 unspecified atom stereocenters. The number of rotatable bonds is 5. The standard InChI is InChI=1S/C23H24N2O3/c1-15-8-9-18(16(2)14-15)20-21(23(27)25(22(20)26)12-13-28-3)24-11-10-17-6-4-5-7-19(17)24/h4-9,14H,10-13H2,1-3H3. The Bertz CT molecular complexity index is 993. The van der Waals surface area contributed by atoms with Gasteiger partial charge in [-0.1, -0.05) is 42.0 Å². The number of hydrogen-bond donors (Lipinski definition) is 0. The summed E-state index contributed by atoms with van der Waals surface area (Å²) in [6.07, 6.45) is 0.860. The van der Waals surface area contributed by atoms with Crippen molar-refractivity contribution in [3.05, 3.63) is 70.4 Å². The Balaban J connectivity index is 1.87. The maximum absolute atomic E-state index is 13.3. The highest BCUT2D eigenvalue weighted by atomic mass is 16.5. The summed E-state index contributed by atoms with van der Waals surface area (Å²) in [7, 11) is 1.57. The molecule has 2 aromatic carbocycles. The second kappa shape index (κ2) is 7.24. The minimum absolute atomic E-state index is 0.242. The summed E-state index contributed by atoms with van der Waals surface area (Å²) < 4.78 is 5.12. The molecule has 0 atom stereocenters. The maximum Gasteiger partial charge on any atom is 0.278 e. The number of fused-ring (bicyclic) bond motifs is 1. The molecular formula is C23H24N2O3. The van der Waals surface area contributed by atoms with Crippen molar-refractivity contribution in [1.82, 2.24) is 4.90 Å². The second-order valence-electron chi connectivity index (χ2n) is 7.33. The number of hydrogen-bond acceptors (Lipinski definition) is 4. The molecule has 2 heterocycles. The molecule has 0 bridgehead atoms. The first-order valence-electron chi connectivity index (χ1n) is 9.55. The highest BCUT2D eigenvalue weighted by Crippen LogP contribution is 2.39. The van der Waals surface area contributed by atoms with E-state index in [-0.39, 0.29) is 18.4 Å². The minimum atomic E-state index is -0.242. The molecule has 0 saturated carbocycles. The quantitative estimate of drug-likeness (QED) is 0.753. The zero-order chi connectivity index (χ0) is 19.8. The molecule has 0 saturated heterocycles. The molecule has 0 fully saturated rings.